The second kappa shape index (κ2) is 9.85. The zero-order valence-electron chi connectivity index (χ0n) is 14.4. The van der Waals surface area contributed by atoms with Crippen LogP contribution >= 0.6 is 24.0 Å². The van der Waals surface area contributed by atoms with Gasteiger partial charge in [-0.2, -0.15) is 0 Å². The Morgan fingerprint density at radius 2 is 2.00 bits per heavy atom. The third kappa shape index (κ3) is 5.79. The summed E-state index contributed by atoms with van der Waals surface area (Å²) in [6, 6.07) is 4.21. The Hall–Kier alpha value is -0.930. The number of carbonyl (C=O) groups is 1. The first-order valence-corrected chi connectivity index (χ1v) is 10.1. The van der Waals surface area contributed by atoms with Gasteiger partial charge in [-0.1, -0.05) is 17.7 Å². The van der Waals surface area contributed by atoms with Gasteiger partial charge >= 0.3 is 5.97 Å². The molecule has 0 bridgehead atoms. The summed E-state index contributed by atoms with van der Waals surface area (Å²) in [5.41, 5.74) is 0.258. The summed E-state index contributed by atoms with van der Waals surface area (Å²) in [5, 5.41) is 9.43. The molecule has 1 N–H and O–H groups in total. The maximum atomic E-state index is 14.0. The molecule has 0 unspecified atom stereocenters. The minimum Gasteiger partial charge on any atom is -0.480 e. The van der Waals surface area contributed by atoms with E-state index in [1.807, 2.05) is 0 Å². The standard InChI is InChI=1S/C16H22ClFN2O4S.ClH/c1-2-25(23,24)20-8-6-12(7-9-20)19(11-16(21)22)10-13-14(17)4-3-5-15(13)18;/h3-5,12H,2,6-11H2,1H3,(H,21,22);1H. The predicted molar refractivity (Wildman–Crippen MR) is 101 cm³/mol. The van der Waals surface area contributed by atoms with Crippen molar-refractivity contribution in [2.75, 3.05) is 25.4 Å². The molecule has 1 heterocycles. The van der Waals surface area contributed by atoms with Crippen LogP contribution in [0.15, 0.2) is 18.2 Å². The molecule has 1 aliphatic rings. The molecule has 0 amide bonds. The number of piperidine rings is 1. The molecule has 10 heteroatoms. The minimum atomic E-state index is -3.25. The second-order valence-electron chi connectivity index (χ2n) is 6.03. The average molecular weight is 429 g/mol. The normalized spacial score (nSPS) is 16.5. The van der Waals surface area contributed by atoms with E-state index in [1.165, 1.54) is 16.4 Å². The van der Waals surface area contributed by atoms with Crippen molar-refractivity contribution in [1.29, 1.82) is 0 Å². The highest BCUT2D eigenvalue weighted by Crippen LogP contribution is 2.25. The molecule has 1 aliphatic heterocycles. The van der Waals surface area contributed by atoms with Gasteiger partial charge in [-0.3, -0.25) is 9.69 Å². The molecule has 1 saturated heterocycles. The second-order valence-corrected chi connectivity index (χ2v) is 8.69. The number of halogens is 3. The number of benzene rings is 1. The van der Waals surface area contributed by atoms with E-state index in [9.17, 15) is 22.7 Å². The Balaban J connectivity index is 0.00000338. The van der Waals surface area contributed by atoms with Crippen molar-refractivity contribution in [3.05, 3.63) is 34.6 Å². The van der Waals surface area contributed by atoms with Gasteiger partial charge in [-0.15, -0.1) is 12.4 Å². The van der Waals surface area contributed by atoms with Crippen LogP contribution in [0.2, 0.25) is 5.02 Å². The molecule has 1 aromatic carbocycles. The molecule has 0 aromatic heterocycles. The number of nitrogens with zero attached hydrogens (tertiary/aromatic N) is 2. The lowest BCUT2D eigenvalue weighted by atomic mass is 10.0. The van der Waals surface area contributed by atoms with Gasteiger partial charge in [-0.05, 0) is 31.9 Å². The zero-order chi connectivity index (χ0) is 18.6. The molecule has 0 saturated carbocycles. The van der Waals surface area contributed by atoms with E-state index in [4.69, 9.17) is 11.6 Å². The van der Waals surface area contributed by atoms with Crippen LogP contribution in [0.25, 0.3) is 0 Å². The summed E-state index contributed by atoms with van der Waals surface area (Å²) in [6.07, 6.45) is 0.997. The Morgan fingerprint density at radius 1 is 1.38 bits per heavy atom. The van der Waals surface area contributed by atoms with Crippen LogP contribution < -0.4 is 0 Å². The fourth-order valence-electron chi connectivity index (χ4n) is 3.04. The first-order chi connectivity index (χ1) is 11.7. The fourth-order valence-corrected chi connectivity index (χ4v) is 4.40. The lowest BCUT2D eigenvalue weighted by Gasteiger charge is -2.37. The summed E-state index contributed by atoms with van der Waals surface area (Å²) in [6.45, 7) is 2.08. The molecule has 6 nitrogen and oxygen atoms in total. The third-order valence-electron chi connectivity index (χ3n) is 4.46. The van der Waals surface area contributed by atoms with Crippen molar-refractivity contribution in [2.45, 2.75) is 32.4 Å². The van der Waals surface area contributed by atoms with E-state index < -0.39 is 21.8 Å². The van der Waals surface area contributed by atoms with E-state index in [0.29, 0.717) is 25.9 Å². The molecule has 0 radical (unpaired) electrons. The average Bonchev–Trinajstić information content (AvgIpc) is 2.57. The highest BCUT2D eigenvalue weighted by atomic mass is 35.5. The molecule has 1 fully saturated rings. The maximum Gasteiger partial charge on any atom is 0.317 e. The van der Waals surface area contributed by atoms with Crippen LogP contribution in [0.1, 0.15) is 25.3 Å². The summed E-state index contributed by atoms with van der Waals surface area (Å²) in [5.74, 6) is -1.45. The first kappa shape index (κ1) is 23.1. The molecule has 1 aromatic rings. The van der Waals surface area contributed by atoms with Crippen LogP contribution in [-0.4, -0.2) is 60.1 Å². The van der Waals surface area contributed by atoms with Crippen molar-refractivity contribution >= 4 is 40.0 Å². The summed E-state index contributed by atoms with van der Waals surface area (Å²) in [4.78, 5) is 12.9. The van der Waals surface area contributed by atoms with E-state index in [0.717, 1.165) is 0 Å². The molecule has 26 heavy (non-hydrogen) atoms. The van der Waals surface area contributed by atoms with E-state index in [2.05, 4.69) is 0 Å². The number of sulfonamides is 1. The van der Waals surface area contributed by atoms with Gasteiger partial charge in [0.15, 0.2) is 0 Å². The number of carboxylic acids is 1. The van der Waals surface area contributed by atoms with Crippen LogP contribution in [-0.2, 0) is 21.4 Å². The topological polar surface area (TPSA) is 77.9 Å². The van der Waals surface area contributed by atoms with Crippen LogP contribution in [0.3, 0.4) is 0 Å². The molecule has 0 spiro atoms. The number of carboxylic acid groups (broad SMARTS) is 1. The molecule has 0 atom stereocenters. The molecule has 148 valence electrons. The fraction of sp³-hybridized carbons (Fsp3) is 0.562. The Kier molecular flexibility index (Phi) is 8.75. The molecular formula is C16H23Cl2FN2O4S. The summed E-state index contributed by atoms with van der Waals surface area (Å²) >= 11 is 6.05. The van der Waals surface area contributed by atoms with Gasteiger partial charge in [0.1, 0.15) is 5.82 Å². The highest BCUT2D eigenvalue weighted by molar-refractivity contribution is 7.89. The van der Waals surface area contributed by atoms with Crippen LogP contribution in [0, 0.1) is 5.82 Å². The van der Waals surface area contributed by atoms with Crippen molar-refractivity contribution < 1.29 is 22.7 Å². The first-order valence-electron chi connectivity index (χ1n) is 8.11. The van der Waals surface area contributed by atoms with E-state index in [-0.39, 0.29) is 47.9 Å². The van der Waals surface area contributed by atoms with Crippen molar-refractivity contribution in [1.82, 2.24) is 9.21 Å². The number of aliphatic carboxylic acids is 1. The smallest absolute Gasteiger partial charge is 0.317 e. The molecule has 2 rings (SSSR count). The van der Waals surface area contributed by atoms with Gasteiger partial charge < -0.3 is 5.11 Å². The molecular weight excluding hydrogens is 406 g/mol. The Bertz CT molecular complexity index is 705. The Morgan fingerprint density at radius 3 is 2.50 bits per heavy atom. The van der Waals surface area contributed by atoms with Crippen molar-refractivity contribution in [3.63, 3.8) is 0 Å². The van der Waals surface area contributed by atoms with Crippen LogP contribution in [0.4, 0.5) is 4.39 Å². The lowest BCUT2D eigenvalue weighted by Crippen LogP contribution is -2.48. The SMILES string of the molecule is CCS(=O)(=O)N1CCC(N(CC(=O)O)Cc2c(F)cccc2Cl)CC1.Cl. The van der Waals surface area contributed by atoms with Gasteiger partial charge in [0.2, 0.25) is 10.0 Å². The summed E-state index contributed by atoms with van der Waals surface area (Å²) in [7, 11) is -3.25. The predicted octanol–water partition coefficient (Wildman–Crippen LogP) is 2.60. The third-order valence-corrected chi connectivity index (χ3v) is 6.69. The molecule has 0 aliphatic carbocycles. The van der Waals surface area contributed by atoms with Gasteiger partial charge in [0.05, 0.1) is 12.3 Å². The highest BCUT2D eigenvalue weighted by Gasteiger charge is 2.31. The van der Waals surface area contributed by atoms with Crippen molar-refractivity contribution in [3.8, 4) is 0 Å². The maximum absolute atomic E-state index is 14.0. The van der Waals surface area contributed by atoms with E-state index in [1.54, 1.807) is 17.9 Å². The monoisotopic (exact) mass is 428 g/mol. The largest absolute Gasteiger partial charge is 0.480 e. The quantitative estimate of drug-likeness (QED) is 0.721. The van der Waals surface area contributed by atoms with Gasteiger partial charge in [-0.25, -0.2) is 17.1 Å². The van der Waals surface area contributed by atoms with Gasteiger partial charge in [0, 0.05) is 36.3 Å². The van der Waals surface area contributed by atoms with Crippen LogP contribution in [0.5, 0.6) is 0 Å². The van der Waals surface area contributed by atoms with E-state index >= 15 is 0 Å². The number of hydrogen-bond donors (Lipinski definition) is 1. The summed E-state index contributed by atoms with van der Waals surface area (Å²) < 4.78 is 39.3. The number of rotatable bonds is 7. The van der Waals surface area contributed by atoms with Crippen molar-refractivity contribution in [2.24, 2.45) is 0 Å². The zero-order valence-corrected chi connectivity index (χ0v) is 16.8. The van der Waals surface area contributed by atoms with Gasteiger partial charge in [0.25, 0.3) is 0 Å². The number of hydrogen-bond acceptors (Lipinski definition) is 4. The Labute approximate surface area is 164 Å². The minimum absolute atomic E-state index is 0. The lowest BCUT2D eigenvalue weighted by molar-refractivity contribution is -0.139.